The van der Waals surface area contributed by atoms with Gasteiger partial charge in [0, 0.05) is 18.3 Å². The van der Waals surface area contributed by atoms with Gasteiger partial charge in [-0.2, -0.15) is 0 Å². The normalized spacial score (nSPS) is 14.3. The fourth-order valence-electron chi connectivity index (χ4n) is 1.42. The van der Waals surface area contributed by atoms with Gasteiger partial charge in [0.1, 0.15) is 5.75 Å². The summed E-state index contributed by atoms with van der Waals surface area (Å²) in [4.78, 5) is 4.24. The summed E-state index contributed by atoms with van der Waals surface area (Å²) in [6, 6.07) is 5.47. The Balaban J connectivity index is 2.19. The van der Waals surface area contributed by atoms with Crippen molar-refractivity contribution in [3.63, 3.8) is 0 Å². The van der Waals surface area contributed by atoms with Crippen molar-refractivity contribution in [2.75, 3.05) is 31.2 Å². The molecule has 5 nitrogen and oxygen atoms in total. The predicted molar refractivity (Wildman–Crippen MR) is 61.3 cm³/mol. The average Bonchev–Trinajstić information content (AvgIpc) is 2.73. The third-order valence-electron chi connectivity index (χ3n) is 2.15. The van der Waals surface area contributed by atoms with E-state index in [1.807, 2.05) is 12.1 Å². The van der Waals surface area contributed by atoms with Gasteiger partial charge in [-0.3, -0.25) is 4.99 Å². The maximum atomic E-state index is 5.66. The summed E-state index contributed by atoms with van der Waals surface area (Å²) in [6.45, 7) is 1.68. The molecule has 1 aliphatic heterocycles. The van der Waals surface area contributed by atoms with Crippen LogP contribution in [-0.4, -0.2) is 26.2 Å². The van der Waals surface area contributed by atoms with Gasteiger partial charge in [0.25, 0.3) is 0 Å². The van der Waals surface area contributed by atoms with E-state index >= 15 is 0 Å². The number of nitrogen functional groups attached to an aromatic ring is 1. The molecule has 0 saturated heterocycles. The number of benzene rings is 1. The highest BCUT2D eigenvalue weighted by atomic mass is 16.5. The fraction of sp³-hybridized carbons (Fsp3) is 0.300. The molecule has 0 radical (unpaired) electrons. The van der Waals surface area contributed by atoms with E-state index in [0.29, 0.717) is 11.4 Å². The zero-order chi connectivity index (χ0) is 10.7. The number of nitrogens with two attached hydrogens (primary N) is 1. The molecule has 1 aromatic rings. The quantitative estimate of drug-likeness (QED) is 0.621. The molecule has 0 bridgehead atoms. The highest BCUT2D eigenvalue weighted by Gasteiger charge is 2.08. The number of aliphatic imine (C=N–C) groups is 1. The zero-order valence-electron chi connectivity index (χ0n) is 8.58. The van der Waals surface area contributed by atoms with Gasteiger partial charge in [-0.15, -0.1) is 0 Å². The van der Waals surface area contributed by atoms with Gasteiger partial charge in [0.05, 0.1) is 19.3 Å². The first-order chi connectivity index (χ1) is 7.29. The molecule has 2 rings (SSSR count). The van der Waals surface area contributed by atoms with Crippen LogP contribution in [-0.2, 0) is 0 Å². The molecule has 1 aromatic carbocycles. The Morgan fingerprint density at radius 1 is 1.53 bits per heavy atom. The van der Waals surface area contributed by atoms with E-state index in [4.69, 9.17) is 10.5 Å². The lowest BCUT2D eigenvalue weighted by molar-refractivity contribution is 0.417. The molecule has 80 valence electrons. The molecule has 15 heavy (non-hydrogen) atoms. The number of hydrogen-bond acceptors (Lipinski definition) is 5. The van der Waals surface area contributed by atoms with Crippen LogP contribution in [0.1, 0.15) is 0 Å². The lowest BCUT2D eigenvalue weighted by Gasteiger charge is -2.11. The van der Waals surface area contributed by atoms with E-state index in [1.54, 1.807) is 13.2 Å². The van der Waals surface area contributed by atoms with E-state index < -0.39 is 0 Å². The van der Waals surface area contributed by atoms with E-state index in [2.05, 4.69) is 15.6 Å². The Labute approximate surface area is 88.3 Å². The summed E-state index contributed by atoms with van der Waals surface area (Å²) in [5.41, 5.74) is 7.20. The van der Waals surface area contributed by atoms with Crippen LogP contribution in [0, 0.1) is 0 Å². The van der Waals surface area contributed by atoms with Crippen molar-refractivity contribution in [2.24, 2.45) is 4.99 Å². The van der Waals surface area contributed by atoms with Gasteiger partial charge in [-0.05, 0) is 12.1 Å². The van der Waals surface area contributed by atoms with Crippen LogP contribution in [0.15, 0.2) is 23.2 Å². The number of anilines is 2. The van der Waals surface area contributed by atoms with Crippen molar-refractivity contribution < 1.29 is 4.74 Å². The molecule has 1 heterocycles. The number of guanidine groups is 1. The number of nitrogens with one attached hydrogen (secondary N) is 2. The highest BCUT2D eigenvalue weighted by molar-refractivity contribution is 5.96. The Hall–Kier alpha value is -1.91. The minimum absolute atomic E-state index is 0.679. The molecular weight excluding hydrogens is 192 g/mol. The van der Waals surface area contributed by atoms with Crippen LogP contribution in [0.5, 0.6) is 5.75 Å². The molecule has 5 heteroatoms. The minimum Gasteiger partial charge on any atom is -0.494 e. The molecule has 0 fully saturated rings. The topological polar surface area (TPSA) is 71.7 Å². The number of rotatable bonds is 2. The van der Waals surface area contributed by atoms with E-state index in [-0.39, 0.29) is 0 Å². The summed E-state index contributed by atoms with van der Waals surface area (Å²) in [5, 5.41) is 6.27. The van der Waals surface area contributed by atoms with Crippen molar-refractivity contribution in [3.05, 3.63) is 18.2 Å². The molecule has 0 aliphatic carbocycles. The highest BCUT2D eigenvalue weighted by Crippen LogP contribution is 2.26. The number of nitrogens with zero attached hydrogens (tertiary/aromatic N) is 1. The lowest BCUT2D eigenvalue weighted by atomic mass is 10.2. The molecule has 0 atom stereocenters. The molecule has 1 aliphatic rings. The van der Waals surface area contributed by atoms with Crippen molar-refractivity contribution >= 4 is 17.3 Å². The minimum atomic E-state index is 0.679. The first-order valence-corrected chi connectivity index (χ1v) is 4.78. The maximum absolute atomic E-state index is 5.66. The Bertz CT molecular complexity index is 389. The van der Waals surface area contributed by atoms with E-state index in [9.17, 15) is 0 Å². The third-order valence-corrected chi connectivity index (χ3v) is 2.15. The van der Waals surface area contributed by atoms with Gasteiger partial charge < -0.3 is 21.1 Å². The summed E-state index contributed by atoms with van der Waals surface area (Å²) < 4.78 is 5.21. The summed E-state index contributed by atoms with van der Waals surface area (Å²) in [6.07, 6.45) is 0. The smallest absolute Gasteiger partial charge is 0.196 e. The molecule has 0 unspecified atom stereocenters. The molecule has 4 N–H and O–H groups in total. The SMILES string of the molecule is COc1cc(N)ccc1NC1=NCCN1. The summed E-state index contributed by atoms with van der Waals surface area (Å²) in [5.74, 6) is 1.49. The number of hydrogen-bond donors (Lipinski definition) is 3. The Morgan fingerprint density at radius 3 is 3.07 bits per heavy atom. The largest absolute Gasteiger partial charge is 0.494 e. The van der Waals surface area contributed by atoms with Gasteiger partial charge in [-0.1, -0.05) is 0 Å². The van der Waals surface area contributed by atoms with Gasteiger partial charge in [0.15, 0.2) is 5.96 Å². The molecule has 0 aromatic heterocycles. The molecule has 0 saturated carbocycles. The van der Waals surface area contributed by atoms with Crippen LogP contribution < -0.4 is 21.1 Å². The second kappa shape index (κ2) is 4.08. The van der Waals surface area contributed by atoms with Crippen LogP contribution in [0.3, 0.4) is 0 Å². The van der Waals surface area contributed by atoms with Gasteiger partial charge in [0.2, 0.25) is 0 Å². The second-order valence-corrected chi connectivity index (χ2v) is 3.24. The number of methoxy groups -OCH3 is 1. The van der Waals surface area contributed by atoms with Crippen molar-refractivity contribution in [2.45, 2.75) is 0 Å². The zero-order valence-corrected chi connectivity index (χ0v) is 8.58. The van der Waals surface area contributed by atoms with Crippen molar-refractivity contribution in [1.29, 1.82) is 0 Å². The van der Waals surface area contributed by atoms with Gasteiger partial charge >= 0.3 is 0 Å². The predicted octanol–water partition coefficient (Wildman–Crippen LogP) is 0.648. The molecule has 0 spiro atoms. The van der Waals surface area contributed by atoms with E-state index in [0.717, 1.165) is 24.7 Å². The lowest BCUT2D eigenvalue weighted by Crippen LogP contribution is -2.26. The summed E-state index contributed by atoms with van der Waals surface area (Å²) in [7, 11) is 1.61. The average molecular weight is 206 g/mol. The van der Waals surface area contributed by atoms with Crippen molar-refractivity contribution in [1.82, 2.24) is 5.32 Å². The second-order valence-electron chi connectivity index (χ2n) is 3.24. The van der Waals surface area contributed by atoms with Crippen LogP contribution in [0.4, 0.5) is 11.4 Å². The Kier molecular flexibility index (Phi) is 2.62. The van der Waals surface area contributed by atoms with E-state index in [1.165, 1.54) is 0 Å². The standard InChI is InChI=1S/C10H14N4O/c1-15-9-6-7(11)2-3-8(9)14-10-12-4-5-13-10/h2-3,6H,4-5,11H2,1H3,(H2,12,13,14). The Morgan fingerprint density at radius 2 is 2.40 bits per heavy atom. The summed E-state index contributed by atoms with van der Waals surface area (Å²) >= 11 is 0. The fourth-order valence-corrected chi connectivity index (χ4v) is 1.42. The van der Waals surface area contributed by atoms with Crippen LogP contribution in [0.25, 0.3) is 0 Å². The first kappa shape index (κ1) is 9.64. The van der Waals surface area contributed by atoms with Gasteiger partial charge in [-0.25, -0.2) is 0 Å². The van der Waals surface area contributed by atoms with Crippen molar-refractivity contribution in [3.8, 4) is 5.75 Å². The number of ether oxygens (including phenoxy) is 1. The molecular formula is C10H14N4O. The van der Waals surface area contributed by atoms with Crippen LogP contribution in [0.2, 0.25) is 0 Å². The van der Waals surface area contributed by atoms with Crippen LogP contribution >= 0.6 is 0 Å². The maximum Gasteiger partial charge on any atom is 0.196 e. The molecule has 0 amide bonds. The monoisotopic (exact) mass is 206 g/mol. The first-order valence-electron chi connectivity index (χ1n) is 4.78. The third kappa shape index (κ3) is 2.12.